The summed E-state index contributed by atoms with van der Waals surface area (Å²) >= 11 is 0. The van der Waals surface area contributed by atoms with Crippen molar-refractivity contribution >= 4 is 17.9 Å². The van der Waals surface area contributed by atoms with Gasteiger partial charge in [-0.3, -0.25) is 14.4 Å². The molecule has 458 valence electrons. The summed E-state index contributed by atoms with van der Waals surface area (Å²) in [6.45, 7) is 6.74. The summed E-state index contributed by atoms with van der Waals surface area (Å²) in [4.78, 5) is 38.4. The van der Waals surface area contributed by atoms with Crippen LogP contribution in [0.1, 0.15) is 419 Å². The van der Waals surface area contributed by atoms with Gasteiger partial charge in [0.05, 0.1) is 0 Å². The van der Waals surface area contributed by atoms with Crippen LogP contribution in [0.4, 0.5) is 0 Å². The van der Waals surface area contributed by atoms with Gasteiger partial charge in [-0.1, -0.05) is 380 Å². The van der Waals surface area contributed by atoms with Crippen LogP contribution in [0.15, 0.2) is 0 Å². The zero-order valence-electron chi connectivity index (χ0n) is 52.8. The molecule has 0 aliphatic rings. The zero-order valence-corrected chi connectivity index (χ0v) is 52.8. The number of hydrogen-bond acceptors (Lipinski definition) is 6. The highest BCUT2D eigenvalue weighted by molar-refractivity contribution is 5.71. The molecule has 0 bridgehead atoms. The Bertz CT molecular complexity index is 1160. The molecule has 0 saturated carbocycles. The fourth-order valence-corrected chi connectivity index (χ4v) is 11.3. The number of hydrogen-bond donors (Lipinski definition) is 0. The van der Waals surface area contributed by atoms with Gasteiger partial charge in [0.25, 0.3) is 0 Å². The first kappa shape index (κ1) is 75.4. The van der Waals surface area contributed by atoms with E-state index >= 15 is 0 Å². The largest absolute Gasteiger partial charge is 0.462 e. The number of unbranched alkanes of at least 4 members (excludes halogenated alkanes) is 56. The lowest BCUT2D eigenvalue weighted by Crippen LogP contribution is -2.30. The maximum absolute atomic E-state index is 12.9. The molecule has 77 heavy (non-hydrogen) atoms. The van der Waals surface area contributed by atoms with Gasteiger partial charge in [-0.15, -0.1) is 0 Å². The van der Waals surface area contributed by atoms with E-state index in [4.69, 9.17) is 14.2 Å². The number of ether oxygens (including phenoxy) is 3. The van der Waals surface area contributed by atoms with Crippen molar-refractivity contribution in [2.45, 2.75) is 425 Å². The molecular weight excluding hydrogens is 949 g/mol. The van der Waals surface area contributed by atoms with Crippen LogP contribution in [0.5, 0.6) is 0 Å². The summed E-state index contributed by atoms with van der Waals surface area (Å²) in [6.07, 6.45) is 78.5. The van der Waals surface area contributed by atoms with Crippen molar-refractivity contribution in [2.75, 3.05) is 13.2 Å². The fraction of sp³-hybridized carbons (Fsp3) is 0.958. The van der Waals surface area contributed by atoms with Crippen LogP contribution in [0.3, 0.4) is 0 Å². The minimum atomic E-state index is -0.763. The maximum atomic E-state index is 12.9. The van der Waals surface area contributed by atoms with Gasteiger partial charge in [0.15, 0.2) is 6.10 Å². The lowest BCUT2D eigenvalue weighted by atomic mass is 10.0. The van der Waals surface area contributed by atoms with Crippen molar-refractivity contribution in [2.24, 2.45) is 0 Å². The molecule has 0 rings (SSSR count). The Labute approximate surface area is 482 Å². The Kier molecular flexibility index (Phi) is 65.5. The second-order valence-corrected chi connectivity index (χ2v) is 24.5. The molecule has 0 heterocycles. The Morgan fingerprint density at radius 1 is 0.208 bits per heavy atom. The second-order valence-electron chi connectivity index (χ2n) is 24.5. The molecule has 0 aromatic rings. The van der Waals surface area contributed by atoms with E-state index in [-0.39, 0.29) is 31.1 Å². The van der Waals surface area contributed by atoms with Gasteiger partial charge in [0.2, 0.25) is 0 Å². The van der Waals surface area contributed by atoms with Gasteiger partial charge >= 0.3 is 17.9 Å². The highest BCUT2D eigenvalue weighted by atomic mass is 16.6. The molecule has 0 amide bonds. The minimum Gasteiger partial charge on any atom is -0.462 e. The van der Waals surface area contributed by atoms with E-state index in [9.17, 15) is 14.4 Å². The minimum absolute atomic E-state index is 0.0602. The first-order valence-electron chi connectivity index (χ1n) is 35.5. The maximum Gasteiger partial charge on any atom is 0.306 e. The van der Waals surface area contributed by atoms with Crippen molar-refractivity contribution in [3.05, 3.63) is 0 Å². The smallest absolute Gasteiger partial charge is 0.306 e. The summed E-state index contributed by atoms with van der Waals surface area (Å²) in [6, 6.07) is 0. The predicted octanol–water partition coefficient (Wildman–Crippen LogP) is 24.2. The standard InChI is InChI=1S/C71H138O6/c1-4-7-10-13-16-19-22-25-28-30-32-33-34-35-36-37-38-39-40-42-43-46-49-52-55-58-61-64-70(73)76-67-68(66-75-69(72)63-60-57-54-51-48-45-27-24-21-18-15-12-9-6-3)77-71(74)65-62-59-56-53-50-47-44-41-31-29-26-23-20-17-14-11-8-5-2/h68H,4-67H2,1-3H3. The van der Waals surface area contributed by atoms with Crippen LogP contribution < -0.4 is 0 Å². The van der Waals surface area contributed by atoms with E-state index in [1.165, 1.54) is 321 Å². The molecule has 1 atom stereocenters. The molecule has 0 aliphatic heterocycles. The van der Waals surface area contributed by atoms with E-state index in [1.807, 2.05) is 0 Å². The predicted molar refractivity (Wildman–Crippen MR) is 335 cm³/mol. The van der Waals surface area contributed by atoms with E-state index in [0.29, 0.717) is 19.3 Å². The van der Waals surface area contributed by atoms with Gasteiger partial charge in [0, 0.05) is 19.3 Å². The molecule has 6 nitrogen and oxygen atoms in total. The zero-order chi connectivity index (χ0) is 55.7. The summed E-state index contributed by atoms with van der Waals surface area (Å²) in [5.74, 6) is -0.820. The molecule has 0 aliphatic carbocycles. The highest BCUT2D eigenvalue weighted by Gasteiger charge is 2.19. The average Bonchev–Trinajstić information content (AvgIpc) is 3.43. The van der Waals surface area contributed by atoms with E-state index in [2.05, 4.69) is 20.8 Å². The third-order valence-electron chi connectivity index (χ3n) is 16.6. The summed E-state index contributed by atoms with van der Waals surface area (Å²) < 4.78 is 17.0. The Morgan fingerprint density at radius 2 is 0.351 bits per heavy atom. The van der Waals surface area contributed by atoms with Gasteiger partial charge in [-0.05, 0) is 19.3 Å². The second kappa shape index (κ2) is 66.9. The monoisotopic (exact) mass is 1090 g/mol. The van der Waals surface area contributed by atoms with Gasteiger partial charge in [0.1, 0.15) is 13.2 Å². The molecule has 0 aromatic heterocycles. The highest BCUT2D eigenvalue weighted by Crippen LogP contribution is 2.19. The quantitative estimate of drug-likeness (QED) is 0.0343. The van der Waals surface area contributed by atoms with Crippen molar-refractivity contribution in [1.29, 1.82) is 0 Å². The molecule has 0 aromatic carbocycles. The SMILES string of the molecule is CCCCCCCCCCCCCCCCCCCCCCCCCCCCCC(=O)OCC(COC(=O)CCCCCCCCCCCCCCCC)OC(=O)CCCCCCCCCCCCCCCCCCCC. The van der Waals surface area contributed by atoms with Crippen molar-refractivity contribution in [3.8, 4) is 0 Å². The first-order valence-corrected chi connectivity index (χ1v) is 35.5. The summed E-state index contributed by atoms with van der Waals surface area (Å²) in [5, 5.41) is 0. The van der Waals surface area contributed by atoms with Crippen LogP contribution in [0, 0.1) is 0 Å². The van der Waals surface area contributed by atoms with E-state index in [1.54, 1.807) is 0 Å². The van der Waals surface area contributed by atoms with Gasteiger partial charge in [-0.25, -0.2) is 0 Å². The van der Waals surface area contributed by atoms with Crippen molar-refractivity contribution < 1.29 is 28.6 Å². The van der Waals surface area contributed by atoms with Crippen LogP contribution >= 0.6 is 0 Å². The molecular formula is C71H138O6. The Morgan fingerprint density at radius 3 is 0.519 bits per heavy atom. The van der Waals surface area contributed by atoms with Gasteiger partial charge in [-0.2, -0.15) is 0 Å². The topological polar surface area (TPSA) is 78.9 Å². The van der Waals surface area contributed by atoms with Crippen LogP contribution in [-0.2, 0) is 28.6 Å². The summed E-state index contributed by atoms with van der Waals surface area (Å²) in [5.41, 5.74) is 0. The summed E-state index contributed by atoms with van der Waals surface area (Å²) in [7, 11) is 0. The van der Waals surface area contributed by atoms with E-state index < -0.39 is 6.10 Å². The lowest BCUT2D eigenvalue weighted by molar-refractivity contribution is -0.167. The van der Waals surface area contributed by atoms with Crippen molar-refractivity contribution in [1.82, 2.24) is 0 Å². The van der Waals surface area contributed by atoms with Gasteiger partial charge < -0.3 is 14.2 Å². The molecule has 0 fully saturated rings. The van der Waals surface area contributed by atoms with Crippen LogP contribution in [-0.4, -0.2) is 37.2 Å². The first-order chi connectivity index (χ1) is 38.0. The molecule has 0 saturated heterocycles. The number of esters is 3. The normalized spacial score (nSPS) is 11.9. The third-order valence-corrected chi connectivity index (χ3v) is 16.6. The molecule has 6 heteroatoms. The fourth-order valence-electron chi connectivity index (χ4n) is 11.3. The van der Waals surface area contributed by atoms with Crippen LogP contribution in [0.25, 0.3) is 0 Å². The number of carbonyl (C=O) groups excluding carboxylic acids is 3. The third kappa shape index (κ3) is 65.1. The Balaban J connectivity index is 4.17. The lowest BCUT2D eigenvalue weighted by Gasteiger charge is -2.18. The van der Waals surface area contributed by atoms with Crippen LogP contribution in [0.2, 0.25) is 0 Å². The molecule has 1 unspecified atom stereocenters. The number of carbonyl (C=O) groups is 3. The molecule has 0 spiro atoms. The number of rotatable bonds is 67. The van der Waals surface area contributed by atoms with Crippen molar-refractivity contribution in [3.63, 3.8) is 0 Å². The molecule has 0 N–H and O–H groups in total. The Hall–Kier alpha value is -1.59. The van der Waals surface area contributed by atoms with E-state index in [0.717, 1.165) is 57.8 Å². The molecule has 0 radical (unpaired) electrons. The average molecular weight is 1090 g/mol.